The Morgan fingerprint density at radius 2 is 1.61 bits per heavy atom. The number of ether oxygens (including phenoxy) is 2. The molecule has 1 aliphatic heterocycles. The molecule has 3 aromatic rings. The first-order chi connectivity index (χ1) is 14.9. The van der Waals surface area contributed by atoms with Gasteiger partial charge >= 0.3 is 0 Å². The van der Waals surface area contributed by atoms with Crippen LogP contribution in [0.15, 0.2) is 82.6 Å². The van der Waals surface area contributed by atoms with Crippen molar-refractivity contribution >= 4 is 39.1 Å². The second kappa shape index (κ2) is 8.91. The molecule has 0 bridgehead atoms. The average Bonchev–Trinajstić information content (AvgIpc) is 3.23. The molecule has 9 heteroatoms. The summed E-state index contributed by atoms with van der Waals surface area (Å²) in [6.07, 6.45) is 0. The zero-order valence-corrected chi connectivity index (χ0v) is 18.2. The highest BCUT2D eigenvalue weighted by atomic mass is 32.2. The van der Waals surface area contributed by atoms with Crippen LogP contribution >= 0.6 is 11.8 Å². The van der Waals surface area contributed by atoms with E-state index in [1.807, 2.05) is 0 Å². The Balaban J connectivity index is 1.35. The van der Waals surface area contributed by atoms with E-state index in [0.717, 1.165) is 4.90 Å². The molecule has 0 aromatic heterocycles. The normalized spacial score (nSPS) is 13.5. The number of hydrogen-bond donors (Lipinski definition) is 2. The lowest BCUT2D eigenvalue weighted by atomic mass is 10.2. The predicted molar refractivity (Wildman–Crippen MR) is 120 cm³/mol. The number of thioether (sulfide) groups is 1. The van der Waals surface area contributed by atoms with Gasteiger partial charge < -0.3 is 14.8 Å². The molecule has 31 heavy (non-hydrogen) atoms. The van der Waals surface area contributed by atoms with Gasteiger partial charge in [0.25, 0.3) is 10.0 Å². The van der Waals surface area contributed by atoms with Crippen molar-refractivity contribution in [2.75, 3.05) is 16.8 Å². The Morgan fingerprint density at radius 3 is 2.35 bits per heavy atom. The standard InChI is InChI=1S/C22H20N2O5S2/c1-15(22(25)23-17-9-12-20-21(13-17)29-14-28-20)30-18-10-7-16(8-11-18)24-31(26,27)19-5-3-2-4-6-19/h2-13,15,24H,14H2,1H3,(H,23,25). The van der Waals surface area contributed by atoms with Gasteiger partial charge in [0.05, 0.1) is 10.1 Å². The van der Waals surface area contributed by atoms with Crippen LogP contribution in [0.5, 0.6) is 11.5 Å². The highest BCUT2D eigenvalue weighted by molar-refractivity contribution is 8.00. The van der Waals surface area contributed by atoms with Crippen LogP contribution in [0.2, 0.25) is 0 Å². The maximum absolute atomic E-state index is 12.5. The number of amides is 1. The van der Waals surface area contributed by atoms with Crippen molar-refractivity contribution in [1.82, 2.24) is 0 Å². The lowest BCUT2D eigenvalue weighted by molar-refractivity contribution is -0.115. The molecule has 7 nitrogen and oxygen atoms in total. The molecule has 1 amide bonds. The van der Waals surface area contributed by atoms with E-state index in [0.29, 0.717) is 22.9 Å². The van der Waals surface area contributed by atoms with Gasteiger partial charge in [-0.3, -0.25) is 9.52 Å². The molecule has 3 aromatic carbocycles. The molecule has 1 atom stereocenters. The number of rotatable bonds is 7. The average molecular weight is 457 g/mol. The topological polar surface area (TPSA) is 93.7 Å². The summed E-state index contributed by atoms with van der Waals surface area (Å²) in [5.41, 5.74) is 1.08. The Morgan fingerprint density at radius 1 is 0.935 bits per heavy atom. The number of benzene rings is 3. The Kier molecular flexibility index (Phi) is 6.06. The molecule has 160 valence electrons. The minimum Gasteiger partial charge on any atom is -0.454 e. The fourth-order valence-electron chi connectivity index (χ4n) is 2.89. The van der Waals surface area contributed by atoms with Crippen LogP contribution in [-0.2, 0) is 14.8 Å². The molecule has 0 spiro atoms. The maximum Gasteiger partial charge on any atom is 0.261 e. The molecule has 0 radical (unpaired) electrons. The van der Waals surface area contributed by atoms with Crippen LogP contribution in [0, 0.1) is 0 Å². The fourth-order valence-corrected chi connectivity index (χ4v) is 4.84. The lowest BCUT2D eigenvalue weighted by Gasteiger charge is -2.13. The van der Waals surface area contributed by atoms with Gasteiger partial charge in [0.2, 0.25) is 12.7 Å². The summed E-state index contributed by atoms with van der Waals surface area (Å²) in [6, 6.07) is 20.3. The van der Waals surface area contributed by atoms with Crippen molar-refractivity contribution in [3.8, 4) is 11.5 Å². The summed E-state index contributed by atoms with van der Waals surface area (Å²) < 4.78 is 38.0. The molecule has 0 fully saturated rings. The molecule has 1 heterocycles. The third kappa shape index (κ3) is 5.12. The summed E-state index contributed by atoms with van der Waals surface area (Å²) in [4.78, 5) is 13.6. The van der Waals surface area contributed by atoms with E-state index in [1.165, 1.54) is 23.9 Å². The SMILES string of the molecule is CC(Sc1ccc(NS(=O)(=O)c2ccccc2)cc1)C(=O)Nc1ccc2c(c1)OCO2. The summed E-state index contributed by atoms with van der Waals surface area (Å²) in [5.74, 6) is 1.10. The summed E-state index contributed by atoms with van der Waals surface area (Å²) in [7, 11) is -3.64. The molecule has 0 saturated heterocycles. The lowest BCUT2D eigenvalue weighted by Crippen LogP contribution is -2.22. The number of carbonyl (C=O) groups excluding carboxylic acids is 1. The zero-order chi connectivity index (χ0) is 21.8. The summed E-state index contributed by atoms with van der Waals surface area (Å²) in [5, 5.41) is 2.50. The molecule has 1 aliphatic rings. The fraction of sp³-hybridized carbons (Fsp3) is 0.136. The number of carbonyl (C=O) groups is 1. The van der Waals surface area contributed by atoms with E-state index in [-0.39, 0.29) is 22.8 Å². The first-order valence-electron chi connectivity index (χ1n) is 9.46. The highest BCUT2D eigenvalue weighted by Gasteiger charge is 2.18. The van der Waals surface area contributed by atoms with Crippen molar-refractivity contribution < 1.29 is 22.7 Å². The smallest absolute Gasteiger partial charge is 0.261 e. The van der Waals surface area contributed by atoms with Gasteiger partial charge in [-0.2, -0.15) is 0 Å². The van der Waals surface area contributed by atoms with Gasteiger partial charge in [0, 0.05) is 22.3 Å². The van der Waals surface area contributed by atoms with Gasteiger partial charge in [-0.05, 0) is 55.5 Å². The molecule has 1 unspecified atom stereocenters. The van der Waals surface area contributed by atoms with Crippen molar-refractivity contribution in [3.05, 3.63) is 72.8 Å². The van der Waals surface area contributed by atoms with Gasteiger partial charge in [-0.25, -0.2) is 8.42 Å². The van der Waals surface area contributed by atoms with Gasteiger partial charge in [0.1, 0.15) is 0 Å². The molecular formula is C22H20N2O5S2. The minimum absolute atomic E-state index is 0.155. The van der Waals surface area contributed by atoms with Crippen molar-refractivity contribution in [2.24, 2.45) is 0 Å². The molecule has 2 N–H and O–H groups in total. The van der Waals surface area contributed by atoms with E-state index < -0.39 is 10.0 Å². The summed E-state index contributed by atoms with van der Waals surface area (Å²) >= 11 is 1.37. The highest BCUT2D eigenvalue weighted by Crippen LogP contribution is 2.34. The first-order valence-corrected chi connectivity index (χ1v) is 11.8. The largest absolute Gasteiger partial charge is 0.454 e. The van der Waals surface area contributed by atoms with Crippen molar-refractivity contribution in [2.45, 2.75) is 22.0 Å². The zero-order valence-electron chi connectivity index (χ0n) is 16.6. The Labute approximate surface area is 184 Å². The van der Waals surface area contributed by atoms with E-state index >= 15 is 0 Å². The second-order valence-corrected chi connectivity index (χ2v) is 9.86. The van der Waals surface area contributed by atoms with E-state index in [9.17, 15) is 13.2 Å². The van der Waals surface area contributed by atoms with Crippen molar-refractivity contribution in [1.29, 1.82) is 0 Å². The van der Waals surface area contributed by atoms with Crippen LogP contribution in [0.1, 0.15) is 6.92 Å². The maximum atomic E-state index is 12.5. The van der Waals surface area contributed by atoms with Crippen LogP contribution < -0.4 is 19.5 Å². The molecular weight excluding hydrogens is 436 g/mol. The minimum atomic E-state index is -3.64. The number of sulfonamides is 1. The van der Waals surface area contributed by atoms with Crippen molar-refractivity contribution in [3.63, 3.8) is 0 Å². The van der Waals surface area contributed by atoms with Crippen LogP contribution in [0.4, 0.5) is 11.4 Å². The number of hydrogen-bond acceptors (Lipinski definition) is 6. The Hall–Kier alpha value is -3.17. The van der Waals surface area contributed by atoms with E-state index in [4.69, 9.17) is 9.47 Å². The van der Waals surface area contributed by atoms with Gasteiger partial charge in [-0.1, -0.05) is 18.2 Å². The van der Waals surface area contributed by atoms with E-state index in [2.05, 4.69) is 10.0 Å². The second-order valence-electron chi connectivity index (χ2n) is 6.76. The third-order valence-corrected chi connectivity index (χ3v) is 6.99. The van der Waals surface area contributed by atoms with Crippen LogP contribution in [0.3, 0.4) is 0 Å². The first kappa shape index (κ1) is 21.1. The van der Waals surface area contributed by atoms with Crippen LogP contribution in [0.25, 0.3) is 0 Å². The summed E-state index contributed by atoms with van der Waals surface area (Å²) in [6.45, 7) is 1.98. The molecule has 0 aliphatic carbocycles. The predicted octanol–water partition coefficient (Wildman–Crippen LogP) is 4.34. The quantitative estimate of drug-likeness (QED) is 0.514. The monoisotopic (exact) mass is 456 g/mol. The van der Waals surface area contributed by atoms with E-state index in [1.54, 1.807) is 67.6 Å². The number of fused-ring (bicyclic) bond motifs is 1. The third-order valence-electron chi connectivity index (χ3n) is 4.48. The number of nitrogens with one attached hydrogen (secondary N) is 2. The molecule has 4 rings (SSSR count). The molecule has 0 saturated carbocycles. The van der Waals surface area contributed by atoms with Crippen LogP contribution in [-0.4, -0.2) is 26.4 Å². The number of anilines is 2. The Bertz CT molecular complexity index is 1180. The van der Waals surface area contributed by atoms with Gasteiger partial charge in [0.15, 0.2) is 11.5 Å². The van der Waals surface area contributed by atoms with Gasteiger partial charge in [-0.15, -0.1) is 11.8 Å².